The standard InChI is InChI=1S/C18H28N4O3S/c1-12(21-15-7-5-6-8-24-15)9-13(19)14-11-26-16(22-14)10-20-17(23)25-18(2,3)4/h9,11,15H,5-8,10,19H2,1-4H3,(H,20,23)/b13-9-,21-12+. The summed E-state index contributed by atoms with van der Waals surface area (Å²) >= 11 is 1.43. The molecule has 1 saturated heterocycles. The number of aromatic nitrogens is 1. The predicted molar refractivity (Wildman–Crippen MR) is 104 cm³/mol. The Morgan fingerprint density at radius 1 is 1.54 bits per heavy atom. The van der Waals surface area contributed by atoms with Gasteiger partial charge in [0.15, 0.2) is 0 Å². The molecular formula is C18H28N4O3S. The van der Waals surface area contributed by atoms with Crippen LogP contribution in [0.15, 0.2) is 16.4 Å². The Balaban J connectivity index is 1.91. The van der Waals surface area contributed by atoms with Crippen LogP contribution in [0.1, 0.15) is 57.7 Å². The lowest BCUT2D eigenvalue weighted by Gasteiger charge is -2.19. The van der Waals surface area contributed by atoms with Crippen LogP contribution in [0.25, 0.3) is 5.70 Å². The molecule has 1 aliphatic rings. The van der Waals surface area contributed by atoms with Crippen molar-refractivity contribution in [2.45, 2.75) is 65.3 Å². The number of nitrogens with zero attached hydrogens (tertiary/aromatic N) is 2. The summed E-state index contributed by atoms with van der Waals surface area (Å²) in [6.45, 7) is 8.43. The number of nitrogens with two attached hydrogens (primary N) is 1. The summed E-state index contributed by atoms with van der Waals surface area (Å²) in [4.78, 5) is 20.7. The Hall–Kier alpha value is -1.93. The minimum Gasteiger partial charge on any atom is -0.444 e. The van der Waals surface area contributed by atoms with Crippen LogP contribution in [0, 0.1) is 0 Å². The molecule has 1 fully saturated rings. The van der Waals surface area contributed by atoms with E-state index in [1.807, 2.05) is 33.1 Å². The number of hydrogen-bond acceptors (Lipinski definition) is 7. The highest BCUT2D eigenvalue weighted by Gasteiger charge is 2.16. The van der Waals surface area contributed by atoms with E-state index in [-0.39, 0.29) is 6.23 Å². The minimum absolute atomic E-state index is 0.0724. The van der Waals surface area contributed by atoms with Crippen molar-refractivity contribution in [2.24, 2.45) is 10.7 Å². The van der Waals surface area contributed by atoms with Gasteiger partial charge in [0.05, 0.1) is 17.9 Å². The van der Waals surface area contributed by atoms with Crippen LogP contribution in [0.5, 0.6) is 0 Å². The molecule has 0 aliphatic carbocycles. The molecular weight excluding hydrogens is 352 g/mol. The molecule has 0 spiro atoms. The van der Waals surface area contributed by atoms with Gasteiger partial charge in [-0.3, -0.25) is 4.99 Å². The van der Waals surface area contributed by atoms with E-state index >= 15 is 0 Å². The Morgan fingerprint density at radius 2 is 2.31 bits per heavy atom. The van der Waals surface area contributed by atoms with Crippen molar-refractivity contribution in [1.82, 2.24) is 10.3 Å². The first-order valence-electron chi connectivity index (χ1n) is 8.78. The van der Waals surface area contributed by atoms with Crippen molar-refractivity contribution in [2.75, 3.05) is 6.61 Å². The molecule has 1 atom stereocenters. The van der Waals surface area contributed by atoms with Gasteiger partial charge in [-0.2, -0.15) is 0 Å². The zero-order valence-electron chi connectivity index (χ0n) is 15.9. The van der Waals surface area contributed by atoms with E-state index in [0.717, 1.165) is 36.6 Å². The number of nitrogens with one attached hydrogen (secondary N) is 1. The van der Waals surface area contributed by atoms with Gasteiger partial charge >= 0.3 is 6.09 Å². The summed E-state index contributed by atoms with van der Waals surface area (Å²) in [6.07, 6.45) is 4.45. The van der Waals surface area contributed by atoms with Crippen molar-refractivity contribution in [3.05, 3.63) is 22.2 Å². The first-order chi connectivity index (χ1) is 12.2. The summed E-state index contributed by atoms with van der Waals surface area (Å²) in [5.74, 6) is 0. The molecule has 1 aliphatic heterocycles. The summed E-state index contributed by atoms with van der Waals surface area (Å²) in [5.41, 5.74) is 7.64. The van der Waals surface area contributed by atoms with Crippen LogP contribution in [0.2, 0.25) is 0 Å². The molecule has 0 aromatic carbocycles. The number of hydrogen-bond donors (Lipinski definition) is 2. The van der Waals surface area contributed by atoms with Gasteiger partial charge in [-0.15, -0.1) is 11.3 Å². The first-order valence-corrected chi connectivity index (χ1v) is 9.66. The summed E-state index contributed by atoms with van der Waals surface area (Å²) < 4.78 is 10.8. The third-order valence-electron chi connectivity index (χ3n) is 3.50. The second kappa shape index (κ2) is 9.14. The molecule has 2 rings (SSSR count). The van der Waals surface area contributed by atoms with Crippen molar-refractivity contribution >= 4 is 28.8 Å². The maximum Gasteiger partial charge on any atom is 0.408 e. The first kappa shape index (κ1) is 20.4. The Bertz CT molecular complexity index is 670. The van der Waals surface area contributed by atoms with Gasteiger partial charge in [0.25, 0.3) is 0 Å². The molecule has 3 N–H and O–H groups in total. The van der Waals surface area contributed by atoms with Gasteiger partial charge in [0, 0.05) is 17.7 Å². The van der Waals surface area contributed by atoms with Crippen LogP contribution >= 0.6 is 11.3 Å². The van der Waals surface area contributed by atoms with E-state index in [4.69, 9.17) is 15.2 Å². The number of carbonyl (C=O) groups is 1. The van der Waals surface area contributed by atoms with Gasteiger partial charge in [0.1, 0.15) is 16.8 Å². The number of thiazole rings is 1. The summed E-state index contributed by atoms with van der Waals surface area (Å²) in [6, 6.07) is 0. The highest BCUT2D eigenvalue weighted by atomic mass is 32.1. The van der Waals surface area contributed by atoms with Gasteiger partial charge < -0.3 is 20.5 Å². The minimum atomic E-state index is -0.524. The fraction of sp³-hybridized carbons (Fsp3) is 0.611. The maximum absolute atomic E-state index is 11.7. The number of amides is 1. The lowest BCUT2D eigenvalue weighted by Crippen LogP contribution is -2.32. The van der Waals surface area contributed by atoms with E-state index in [0.29, 0.717) is 17.9 Å². The molecule has 0 radical (unpaired) electrons. The lowest BCUT2D eigenvalue weighted by molar-refractivity contribution is 0.0224. The van der Waals surface area contributed by atoms with Crippen LogP contribution in [-0.2, 0) is 16.0 Å². The number of ether oxygens (including phenoxy) is 2. The quantitative estimate of drug-likeness (QED) is 0.762. The Morgan fingerprint density at radius 3 is 2.96 bits per heavy atom. The lowest BCUT2D eigenvalue weighted by atomic mass is 10.2. The predicted octanol–water partition coefficient (Wildman–Crippen LogP) is 3.45. The number of rotatable bonds is 5. The van der Waals surface area contributed by atoms with Gasteiger partial charge in [-0.25, -0.2) is 9.78 Å². The molecule has 1 aromatic rings. The topological polar surface area (TPSA) is 98.8 Å². The molecule has 1 unspecified atom stereocenters. The summed E-state index contributed by atoms with van der Waals surface area (Å²) in [7, 11) is 0. The molecule has 26 heavy (non-hydrogen) atoms. The maximum atomic E-state index is 11.7. The highest BCUT2D eigenvalue weighted by Crippen LogP contribution is 2.17. The van der Waals surface area contributed by atoms with Crippen LogP contribution < -0.4 is 11.1 Å². The average molecular weight is 381 g/mol. The van der Waals surface area contributed by atoms with Gasteiger partial charge in [-0.05, 0) is 53.0 Å². The van der Waals surface area contributed by atoms with E-state index < -0.39 is 11.7 Å². The van der Waals surface area contributed by atoms with E-state index in [9.17, 15) is 4.79 Å². The normalized spacial score (nSPS) is 19.3. The van der Waals surface area contributed by atoms with E-state index in [1.54, 1.807) is 6.08 Å². The van der Waals surface area contributed by atoms with Gasteiger partial charge in [0.2, 0.25) is 0 Å². The molecule has 0 saturated carbocycles. The largest absolute Gasteiger partial charge is 0.444 e. The van der Waals surface area contributed by atoms with Crippen LogP contribution in [-0.4, -0.2) is 35.2 Å². The van der Waals surface area contributed by atoms with Gasteiger partial charge in [-0.1, -0.05) is 0 Å². The fourth-order valence-corrected chi connectivity index (χ4v) is 3.12. The van der Waals surface area contributed by atoms with Crippen molar-refractivity contribution in [3.63, 3.8) is 0 Å². The zero-order valence-corrected chi connectivity index (χ0v) is 16.7. The molecule has 7 nitrogen and oxygen atoms in total. The van der Waals surface area contributed by atoms with E-state index in [2.05, 4.69) is 15.3 Å². The number of carbonyl (C=O) groups excluding carboxylic acids is 1. The van der Waals surface area contributed by atoms with Crippen molar-refractivity contribution in [3.8, 4) is 0 Å². The molecule has 1 aromatic heterocycles. The molecule has 0 bridgehead atoms. The third-order valence-corrected chi connectivity index (χ3v) is 4.35. The monoisotopic (exact) mass is 380 g/mol. The number of alkyl carbamates (subject to hydrolysis) is 1. The molecule has 2 heterocycles. The second-order valence-electron chi connectivity index (χ2n) is 7.17. The molecule has 144 valence electrons. The highest BCUT2D eigenvalue weighted by molar-refractivity contribution is 7.09. The molecule has 1 amide bonds. The van der Waals surface area contributed by atoms with Crippen molar-refractivity contribution in [1.29, 1.82) is 0 Å². The van der Waals surface area contributed by atoms with Crippen LogP contribution in [0.3, 0.4) is 0 Å². The van der Waals surface area contributed by atoms with Crippen LogP contribution in [0.4, 0.5) is 4.79 Å². The average Bonchev–Trinajstić information content (AvgIpc) is 3.01. The smallest absolute Gasteiger partial charge is 0.408 e. The Kier molecular flexibility index (Phi) is 7.16. The van der Waals surface area contributed by atoms with E-state index in [1.165, 1.54) is 11.3 Å². The molecule has 8 heteroatoms. The van der Waals surface area contributed by atoms with Crippen molar-refractivity contribution < 1.29 is 14.3 Å². The third kappa shape index (κ3) is 7.13. The second-order valence-corrected chi connectivity index (χ2v) is 8.12. The number of aliphatic imine (C=N–C) groups is 1. The SMILES string of the molecule is CC(/C=C(\N)c1csc(CNC(=O)OC(C)(C)C)n1)=N\C1CCCCO1. The fourth-order valence-electron chi connectivity index (χ4n) is 2.38. The number of allylic oxidation sites excluding steroid dienone is 1. The zero-order chi connectivity index (χ0) is 19.2. The Labute approximate surface area is 158 Å². The summed E-state index contributed by atoms with van der Waals surface area (Å²) in [5, 5.41) is 5.31.